The van der Waals surface area contributed by atoms with Gasteiger partial charge in [0.25, 0.3) is 5.91 Å². The zero-order valence-corrected chi connectivity index (χ0v) is 18.3. The van der Waals surface area contributed by atoms with Crippen molar-refractivity contribution in [1.82, 2.24) is 34.4 Å². The fourth-order valence-corrected chi connectivity index (χ4v) is 4.73. The van der Waals surface area contributed by atoms with Crippen LogP contribution in [0.15, 0.2) is 65.6 Å². The van der Waals surface area contributed by atoms with Crippen LogP contribution in [0.1, 0.15) is 58.1 Å². The summed E-state index contributed by atoms with van der Waals surface area (Å²) < 4.78 is 7.93. The molecule has 5 aromatic rings. The van der Waals surface area contributed by atoms with E-state index >= 15 is 0 Å². The second-order valence-electron chi connectivity index (χ2n) is 8.78. The Hall–Kier alpha value is -4.27. The van der Waals surface area contributed by atoms with Crippen molar-refractivity contribution in [3.05, 3.63) is 89.7 Å². The average molecular weight is 451 g/mol. The topological polar surface area (TPSA) is 105 Å². The van der Waals surface area contributed by atoms with E-state index in [1.807, 2.05) is 58.1 Å². The molecule has 0 radical (unpaired) electrons. The smallest absolute Gasteiger partial charge is 0.292 e. The van der Waals surface area contributed by atoms with Gasteiger partial charge in [-0.1, -0.05) is 12.1 Å². The van der Waals surface area contributed by atoms with Crippen LogP contribution in [0.2, 0.25) is 0 Å². The molecule has 9 nitrogen and oxygen atoms in total. The van der Waals surface area contributed by atoms with Crippen molar-refractivity contribution in [2.45, 2.75) is 31.2 Å². The van der Waals surface area contributed by atoms with Gasteiger partial charge in [0.05, 0.1) is 28.9 Å². The third kappa shape index (κ3) is 3.04. The minimum atomic E-state index is -0.419. The van der Waals surface area contributed by atoms with Gasteiger partial charge in [-0.15, -0.1) is 0 Å². The lowest BCUT2D eigenvalue weighted by Gasteiger charge is -2.33. The van der Waals surface area contributed by atoms with Crippen molar-refractivity contribution in [1.29, 1.82) is 0 Å². The minimum absolute atomic E-state index is 0.188. The maximum absolute atomic E-state index is 14.0. The number of hydrogen-bond acceptors (Lipinski definition) is 6. The molecular weight excluding hydrogens is 430 g/mol. The van der Waals surface area contributed by atoms with E-state index in [1.54, 1.807) is 12.5 Å². The summed E-state index contributed by atoms with van der Waals surface area (Å²) in [6.45, 7) is 0.524. The summed E-state index contributed by atoms with van der Waals surface area (Å²) >= 11 is 0. The zero-order valence-electron chi connectivity index (χ0n) is 18.3. The van der Waals surface area contributed by atoms with Crippen LogP contribution in [0.4, 0.5) is 0 Å². The van der Waals surface area contributed by atoms with E-state index in [2.05, 4.69) is 15.0 Å². The number of imidazole rings is 1. The number of H-pyrrole nitrogens is 1. The molecule has 1 atom stereocenters. The summed E-state index contributed by atoms with van der Waals surface area (Å²) in [5, 5.41) is 4.78. The Morgan fingerprint density at radius 1 is 1.09 bits per heavy atom. The van der Waals surface area contributed by atoms with E-state index in [0.717, 1.165) is 41.1 Å². The summed E-state index contributed by atoms with van der Waals surface area (Å²) in [7, 11) is 0. The van der Waals surface area contributed by atoms with Gasteiger partial charge in [0.15, 0.2) is 0 Å². The molecular formula is C25H21N7O2. The Balaban J connectivity index is 1.33. The summed E-state index contributed by atoms with van der Waals surface area (Å²) in [5.41, 5.74) is 4.93. The fraction of sp³-hybridized carbons (Fsp3) is 0.240. The highest BCUT2D eigenvalue weighted by Gasteiger charge is 2.41. The van der Waals surface area contributed by atoms with Gasteiger partial charge in [-0.3, -0.25) is 9.78 Å². The summed E-state index contributed by atoms with van der Waals surface area (Å²) in [6.07, 6.45) is 7.98. The molecule has 168 valence electrons. The number of hydrogen-bond donors (Lipinski definition) is 1. The van der Waals surface area contributed by atoms with E-state index in [0.29, 0.717) is 30.3 Å². The Labute approximate surface area is 194 Å². The van der Waals surface area contributed by atoms with E-state index in [1.165, 1.54) is 0 Å². The van der Waals surface area contributed by atoms with Crippen LogP contribution in [0, 0.1) is 0 Å². The van der Waals surface area contributed by atoms with Gasteiger partial charge in [0, 0.05) is 37.0 Å². The summed E-state index contributed by atoms with van der Waals surface area (Å²) in [4.78, 5) is 32.7. The Morgan fingerprint density at radius 3 is 2.82 bits per heavy atom. The van der Waals surface area contributed by atoms with Crippen molar-refractivity contribution in [3.63, 3.8) is 0 Å². The monoisotopic (exact) mass is 451 g/mol. The molecule has 34 heavy (non-hydrogen) atoms. The maximum Gasteiger partial charge on any atom is 0.292 e. The number of fused-ring (bicyclic) bond motifs is 2. The molecule has 1 amide bonds. The lowest BCUT2D eigenvalue weighted by atomic mass is 9.99. The van der Waals surface area contributed by atoms with Crippen LogP contribution in [0.25, 0.3) is 17.1 Å². The van der Waals surface area contributed by atoms with E-state index in [-0.39, 0.29) is 11.8 Å². The number of rotatable bonds is 4. The van der Waals surface area contributed by atoms with Crippen LogP contribution >= 0.6 is 0 Å². The van der Waals surface area contributed by atoms with Gasteiger partial charge in [0.1, 0.15) is 11.7 Å². The predicted octanol–water partition coefficient (Wildman–Crippen LogP) is 3.77. The first-order valence-electron chi connectivity index (χ1n) is 11.5. The molecule has 1 N–H and O–H groups in total. The highest BCUT2D eigenvalue weighted by molar-refractivity contribution is 5.94. The second-order valence-corrected chi connectivity index (χ2v) is 8.78. The highest BCUT2D eigenvalue weighted by atomic mass is 16.4. The number of pyridine rings is 2. The normalized spacial score (nSPS) is 17.8. The van der Waals surface area contributed by atoms with Gasteiger partial charge in [-0.2, -0.15) is 5.10 Å². The molecule has 0 saturated heterocycles. The lowest BCUT2D eigenvalue weighted by Crippen LogP contribution is -2.41. The van der Waals surface area contributed by atoms with Crippen LogP contribution in [-0.4, -0.2) is 46.9 Å². The third-order valence-corrected chi connectivity index (χ3v) is 6.55. The lowest BCUT2D eigenvalue weighted by molar-refractivity contribution is 0.0653. The van der Waals surface area contributed by atoms with Gasteiger partial charge in [0.2, 0.25) is 11.7 Å². The fourth-order valence-electron chi connectivity index (χ4n) is 4.73. The van der Waals surface area contributed by atoms with E-state index in [4.69, 9.17) is 14.5 Å². The van der Waals surface area contributed by atoms with Crippen molar-refractivity contribution in [2.24, 2.45) is 0 Å². The standard InChI is InChI=1S/C25H21N7O2/c33-25(23-20(15-7-8-15)29-24(34-23)18-6-1-3-10-26-18)31-12-9-17-21(28-14-27-17)22(31)19-13-16-5-2-4-11-32(16)30-19/h1-6,10-11,13-15,22H,7-9,12H2,(H,27,28)/t22-/m0/s1. The number of aromatic nitrogens is 6. The number of amides is 1. The molecule has 9 heteroatoms. The Kier molecular flexibility index (Phi) is 4.17. The van der Waals surface area contributed by atoms with Gasteiger partial charge in [-0.05, 0) is 43.2 Å². The van der Waals surface area contributed by atoms with Crippen molar-refractivity contribution < 1.29 is 9.21 Å². The van der Waals surface area contributed by atoms with Gasteiger partial charge >= 0.3 is 0 Å². The Bertz CT molecular complexity index is 1480. The molecule has 1 aliphatic heterocycles. The van der Waals surface area contributed by atoms with Crippen LogP contribution in [-0.2, 0) is 6.42 Å². The molecule has 0 spiro atoms. The molecule has 0 bridgehead atoms. The summed E-state index contributed by atoms with van der Waals surface area (Å²) in [6, 6.07) is 13.1. The van der Waals surface area contributed by atoms with Crippen LogP contribution in [0.3, 0.4) is 0 Å². The minimum Gasteiger partial charge on any atom is -0.429 e. The van der Waals surface area contributed by atoms with Gasteiger partial charge in [-0.25, -0.2) is 14.5 Å². The largest absolute Gasteiger partial charge is 0.429 e. The number of carbonyl (C=O) groups is 1. The molecule has 5 aromatic heterocycles. The first-order chi connectivity index (χ1) is 16.8. The van der Waals surface area contributed by atoms with Gasteiger partial charge < -0.3 is 14.3 Å². The van der Waals surface area contributed by atoms with E-state index < -0.39 is 6.04 Å². The predicted molar refractivity (Wildman–Crippen MR) is 122 cm³/mol. The zero-order chi connectivity index (χ0) is 22.6. The highest BCUT2D eigenvalue weighted by Crippen LogP contribution is 2.43. The first-order valence-corrected chi connectivity index (χ1v) is 11.5. The molecule has 0 aromatic carbocycles. The molecule has 1 fully saturated rings. The first kappa shape index (κ1) is 19.2. The van der Waals surface area contributed by atoms with Crippen LogP contribution in [0.5, 0.6) is 0 Å². The molecule has 1 saturated carbocycles. The van der Waals surface area contributed by atoms with Crippen LogP contribution < -0.4 is 0 Å². The van der Waals surface area contributed by atoms with Crippen molar-refractivity contribution in [3.8, 4) is 11.6 Å². The number of carbonyl (C=O) groups excluding carboxylic acids is 1. The van der Waals surface area contributed by atoms with Crippen molar-refractivity contribution in [2.75, 3.05) is 6.54 Å². The quantitative estimate of drug-likeness (QED) is 0.446. The number of nitrogens with zero attached hydrogens (tertiary/aromatic N) is 6. The average Bonchev–Trinajstić information content (AvgIpc) is 3.28. The molecule has 1 aliphatic carbocycles. The molecule has 0 unspecified atom stereocenters. The number of aromatic amines is 1. The SMILES string of the molecule is O=C(c1oc(-c2ccccn2)nc1C1CC1)N1CCc2[nH]cnc2[C@@H]1c1cc2ccccn2n1. The second kappa shape index (κ2) is 7.38. The summed E-state index contributed by atoms with van der Waals surface area (Å²) in [5.74, 6) is 0.746. The number of oxazole rings is 1. The molecule has 7 rings (SSSR count). The van der Waals surface area contributed by atoms with Crippen molar-refractivity contribution >= 4 is 11.4 Å². The van der Waals surface area contributed by atoms with E-state index in [9.17, 15) is 4.79 Å². The molecule has 2 aliphatic rings. The third-order valence-electron chi connectivity index (χ3n) is 6.55. The maximum atomic E-state index is 14.0. The Morgan fingerprint density at radius 2 is 2.00 bits per heavy atom. The number of nitrogens with one attached hydrogen (secondary N) is 1. The molecule has 6 heterocycles.